The molecule has 1 aliphatic heterocycles. The first-order valence-electron chi connectivity index (χ1n) is 5.92. The second-order valence-corrected chi connectivity index (χ2v) is 5.38. The van der Waals surface area contributed by atoms with E-state index in [9.17, 15) is 13.2 Å². The van der Waals surface area contributed by atoms with Crippen molar-refractivity contribution in [3.8, 4) is 5.75 Å². The van der Waals surface area contributed by atoms with Crippen molar-refractivity contribution in [3.63, 3.8) is 0 Å². The second kappa shape index (κ2) is 4.56. The van der Waals surface area contributed by atoms with Gasteiger partial charge in [0.2, 0.25) is 0 Å². The van der Waals surface area contributed by atoms with Crippen LogP contribution >= 0.6 is 11.3 Å². The highest BCUT2D eigenvalue weighted by Crippen LogP contribution is 2.34. The molecule has 0 spiro atoms. The molecule has 0 aliphatic carbocycles. The van der Waals surface area contributed by atoms with E-state index in [2.05, 4.69) is 14.6 Å². The van der Waals surface area contributed by atoms with Crippen molar-refractivity contribution >= 4 is 26.7 Å². The van der Waals surface area contributed by atoms with Crippen LogP contribution < -0.4 is 9.64 Å². The number of nitrogens with zero attached hydrogens (tertiary/aromatic N) is 2. The monoisotopic (exact) mass is 288 g/mol. The van der Waals surface area contributed by atoms with E-state index >= 15 is 0 Å². The van der Waals surface area contributed by atoms with E-state index in [1.54, 1.807) is 6.07 Å². The van der Waals surface area contributed by atoms with Gasteiger partial charge in [-0.3, -0.25) is 0 Å². The van der Waals surface area contributed by atoms with Gasteiger partial charge in [-0.15, -0.1) is 13.2 Å². The van der Waals surface area contributed by atoms with Gasteiger partial charge in [0.05, 0.1) is 10.2 Å². The van der Waals surface area contributed by atoms with E-state index in [0.717, 1.165) is 31.1 Å². The molecule has 0 unspecified atom stereocenters. The summed E-state index contributed by atoms with van der Waals surface area (Å²) in [5.74, 6) is -0.198. The predicted octanol–water partition coefficient (Wildman–Crippen LogP) is 3.80. The van der Waals surface area contributed by atoms with Crippen LogP contribution in [0.2, 0.25) is 0 Å². The molecule has 1 fully saturated rings. The minimum atomic E-state index is -4.66. The minimum Gasteiger partial charge on any atom is -0.406 e. The van der Waals surface area contributed by atoms with Gasteiger partial charge in [0.15, 0.2) is 5.13 Å². The lowest BCUT2D eigenvalue weighted by Crippen LogP contribution is -2.16. The van der Waals surface area contributed by atoms with Crippen molar-refractivity contribution in [1.29, 1.82) is 0 Å². The smallest absolute Gasteiger partial charge is 0.406 e. The van der Waals surface area contributed by atoms with Crippen LogP contribution in [-0.4, -0.2) is 24.4 Å². The fourth-order valence-electron chi connectivity index (χ4n) is 2.13. The van der Waals surface area contributed by atoms with E-state index < -0.39 is 6.36 Å². The summed E-state index contributed by atoms with van der Waals surface area (Å²) in [6.07, 6.45) is -2.38. The van der Waals surface area contributed by atoms with E-state index in [1.807, 2.05) is 0 Å². The van der Waals surface area contributed by atoms with Gasteiger partial charge in [0.25, 0.3) is 0 Å². The van der Waals surface area contributed by atoms with Gasteiger partial charge in [0.1, 0.15) is 5.75 Å². The van der Waals surface area contributed by atoms with Crippen molar-refractivity contribution in [3.05, 3.63) is 18.2 Å². The maximum absolute atomic E-state index is 12.1. The van der Waals surface area contributed by atoms with Gasteiger partial charge < -0.3 is 9.64 Å². The average Bonchev–Trinajstić information content (AvgIpc) is 2.94. The van der Waals surface area contributed by atoms with Crippen molar-refractivity contribution in [2.45, 2.75) is 19.2 Å². The number of hydrogen-bond donors (Lipinski definition) is 0. The molecular formula is C12H11F3N2OS. The van der Waals surface area contributed by atoms with E-state index in [1.165, 1.54) is 23.5 Å². The molecule has 1 aromatic carbocycles. The quantitative estimate of drug-likeness (QED) is 0.840. The largest absolute Gasteiger partial charge is 0.573 e. The van der Waals surface area contributed by atoms with Crippen LogP contribution in [0.15, 0.2) is 18.2 Å². The van der Waals surface area contributed by atoms with E-state index in [0.29, 0.717) is 10.2 Å². The average molecular weight is 288 g/mol. The molecule has 19 heavy (non-hydrogen) atoms. The summed E-state index contributed by atoms with van der Waals surface area (Å²) in [5, 5.41) is 0.872. The number of halogens is 3. The number of benzene rings is 1. The van der Waals surface area contributed by atoms with Crippen LogP contribution in [0.1, 0.15) is 12.8 Å². The number of aromatic nitrogens is 1. The Morgan fingerprint density at radius 1 is 1.21 bits per heavy atom. The normalized spacial score (nSPS) is 16.3. The second-order valence-electron chi connectivity index (χ2n) is 4.37. The SMILES string of the molecule is FC(F)(F)Oc1ccc2nc(N3CCCC3)sc2c1. The van der Waals surface area contributed by atoms with E-state index in [4.69, 9.17) is 0 Å². The number of anilines is 1. The Balaban J connectivity index is 1.90. The molecule has 3 rings (SSSR count). The summed E-state index contributed by atoms with van der Waals surface area (Å²) in [6, 6.07) is 4.25. The minimum absolute atomic E-state index is 0.198. The molecule has 1 saturated heterocycles. The topological polar surface area (TPSA) is 25.4 Å². The molecule has 0 radical (unpaired) electrons. The van der Waals surface area contributed by atoms with Crippen LogP contribution in [0.5, 0.6) is 5.75 Å². The third-order valence-corrected chi connectivity index (χ3v) is 4.04. The van der Waals surface area contributed by atoms with Crippen LogP contribution in [0.3, 0.4) is 0 Å². The molecule has 1 aliphatic rings. The molecule has 2 heterocycles. The van der Waals surface area contributed by atoms with Crippen LogP contribution in [0, 0.1) is 0 Å². The number of thiazole rings is 1. The van der Waals surface area contributed by atoms with Gasteiger partial charge in [0, 0.05) is 19.2 Å². The number of fused-ring (bicyclic) bond motifs is 1. The lowest BCUT2D eigenvalue weighted by atomic mass is 10.3. The molecule has 3 nitrogen and oxygen atoms in total. The summed E-state index contributed by atoms with van der Waals surface area (Å²) in [7, 11) is 0. The molecular weight excluding hydrogens is 277 g/mol. The first-order chi connectivity index (χ1) is 9.01. The summed E-state index contributed by atoms with van der Waals surface area (Å²) >= 11 is 1.40. The van der Waals surface area contributed by atoms with Gasteiger partial charge in [-0.25, -0.2) is 4.98 Å². The molecule has 0 amide bonds. The fraction of sp³-hybridized carbons (Fsp3) is 0.417. The fourth-order valence-corrected chi connectivity index (χ4v) is 3.18. The lowest BCUT2D eigenvalue weighted by Gasteiger charge is -2.11. The summed E-state index contributed by atoms with van der Waals surface area (Å²) < 4.78 is 41.1. The maximum atomic E-state index is 12.1. The van der Waals surface area contributed by atoms with E-state index in [-0.39, 0.29) is 5.75 Å². The van der Waals surface area contributed by atoms with Gasteiger partial charge >= 0.3 is 6.36 Å². The summed E-state index contributed by atoms with van der Waals surface area (Å²) in [6.45, 7) is 1.93. The zero-order valence-electron chi connectivity index (χ0n) is 9.91. The van der Waals surface area contributed by atoms with Crippen molar-refractivity contribution < 1.29 is 17.9 Å². The maximum Gasteiger partial charge on any atom is 0.573 e. The molecule has 0 atom stereocenters. The van der Waals surface area contributed by atoms with Crippen molar-refractivity contribution in [2.75, 3.05) is 18.0 Å². The number of ether oxygens (including phenoxy) is 1. The van der Waals surface area contributed by atoms with Crippen LogP contribution in [-0.2, 0) is 0 Å². The Kier molecular flexibility index (Phi) is 3.00. The molecule has 1 aromatic heterocycles. The molecule has 2 aromatic rings. The first kappa shape index (κ1) is 12.5. The zero-order valence-corrected chi connectivity index (χ0v) is 10.7. The van der Waals surface area contributed by atoms with Crippen molar-refractivity contribution in [2.24, 2.45) is 0 Å². The summed E-state index contributed by atoms with van der Waals surface area (Å²) in [5.41, 5.74) is 0.710. The molecule has 0 N–H and O–H groups in total. The Hall–Kier alpha value is -1.50. The van der Waals surface area contributed by atoms with Crippen LogP contribution in [0.4, 0.5) is 18.3 Å². The Labute approximate surface area is 111 Å². The predicted molar refractivity (Wildman–Crippen MR) is 67.8 cm³/mol. The van der Waals surface area contributed by atoms with Crippen molar-refractivity contribution in [1.82, 2.24) is 4.98 Å². The molecule has 0 saturated carbocycles. The lowest BCUT2D eigenvalue weighted by molar-refractivity contribution is -0.274. The Bertz CT molecular complexity index is 590. The third kappa shape index (κ3) is 2.75. The molecule has 7 heteroatoms. The first-order valence-corrected chi connectivity index (χ1v) is 6.74. The number of hydrogen-bond acceptors (Lipinski definition) is 4. The molecule has 0 bridgehead atoms. The highest BCUT2D eigenvalue weighted by Gasteiger charge is 2.31. The van der Waals surface area contributed by atoms with Gasteiger partial charge in [-0.1, -0.05) is 11.3 Å². The Morgan fingerprint density at radius 2 is 1.95 bits per heavy atom. The highest BCUT2D eigenvalue weighted by atomic mass is 32.1. The summed E-state index contributed by atoms with van der Waals surface area (Å²) in [4.78, 5) is 6.60. The Morgan fingerprint density at radius 3 is 2.63 bits per heavy atom. The number of alkyl halides is 3. The van der Waals surface area contributed by atoms with Gasteiger partial charge in [-0.05, 0) is 25.0 Å². The molecule has 102 valence electrons. The number of rotatable bonds is 2. The third-order valence-electron chi connectivity index (χ3n) is 2.96. The van der Waals surface area contributed by atoms with Crippen LogP contribution in [0.25, 0.3) is 10.2 Å². The standard InChI is InChI=1S/C12H11F3N2OS/c13-12(14,15)18-8-3-4-9-10(7-8)19-11(16-9)17-5-1-2-6-17/h3-4,7H,1-2,5-6H2. The zero-order chi connectivity index (χ0) is 13.5. The highest BCUT2D eigenvalue weighted by molar-refractivity contribution is 7.22. The van der Waals surface area contributed by atoms with Gasteiger partial charge in [-0.2, -0.15) is 0 Å².